The van der Waals surface area contributed by atoms with Gasteiger partial charge in [0.1, 0.15) is 0 Å². The van der Waals surface area contributed by atoms with Crippen molar-refractivity contribution < 1.29 is 36.9 Å². The van der Waals surface area contributed by atoms with Gasteiger partial charge in [0.05, 0.1) is 0 Å². The molecule has 0 amide bonds. The predicted molar refractivity (Wildman–Crippen MR) is 17.2 cm³/mol. The van der Waals surface area contributed by atoms with Gasteiger partial charge in [-0.1, -0.05) is 0 Å². The van der Waals surface area contributed by atoms with Crippen LogP contribution in [0.1, 0.15) is 0 Å². The van der Waals surface area contributed by atoms with Gasteiger partial charge in [-0.3, -0.25) is 0 Å². The van der Waals surface area contributed by atoms with E-state index >= 15 is 0 Å². The Hall–Kier alpha value is -0.581. The Balaban J connectivity index is -0.0000000160. The third-order valence-corrected chi connectivity index (χ3v) is 0. The molecular formula is C2H5CuNO4. The molecule has 0 unspecified atom stereocenters. The van der Waals surface area contributed by atoms with Crippen LogP contribution in [0.3, 0.4) is 0 Å². The molecule has 0 aromatic rings. The fourth-order valence-corrected chi connectivity index (χ4v) is 0. The summed E-state index contributed by atoms with van der Waals surface area (Å²) in [5, 5.41) is 16.5. The Kier molecular flexibility index (Phi) is 306. The second-order valence-electron chi connectivity index (χ2n) is 0.192. The number of hydrogen-bond acceptors (Lipinski definition) is 5. The average Bonchev–Trinajstić information content (AvgIpc) is 1.39. The summed E-state index contributed by atoms with van der Waals surface area (Å²) in [6, 6.07) is 0. The molecule has 0 bridgehead atoms. The molecule has 0 fully saturated rings. The maximum Gasteiger partial charge on any atom is 2.00 e. The van der Waals surface area contributed by atoms with Crippen molar-refractivity contribution in [2.75, 3.05) is 0 Å². The molecule has 0 aromatic heterocycles. The number of carbonyl (C=O) groups excluding carboxylic acids is 2. The largest absolute Gasteiger partial charge is 2.00 e. The first-order valence-corrected chi connectivity index (χ1v) is 0.943. The Bertz CT molecular complexity index is 35.0. The summed E-state index contributed by atoms with van der Waals surface area (Å²) in [6.07, 6.45) is 0. The van der Waals surface area contributed by atoms with E-state index < -0.39 is 12.9 Å². The van der Waals surface area contributed by atoms with E-state index in [1.54, 1.807) is 0 Å². The molecule has 0 aliphatic carbocycles. The third kappa shape index (κ3) is 314. The molecule has 0 saturated heterocycles. The Morgan fingerprint density at radius 3 is 1.00 bits per heavy atom. The minimum atomic E-state index is -0.500. The molecule has 0 aromatic carbocycles. The summed E-state index contributed by atoms with van der Waals surface area (Å²) in [5.74, 6) is 0. The first kappa shape index (κ1) is 26.1. The molecular weight excluding hydrogens is 166 g/mol. The van der Waals surface area contributed by atoms with Gasteiger partial charge in [0.25, 0.3) is 0 Å². The summed E-state index contributed by atoms with van der Waals surface area (Å²) in [6.45, 7) is -1.00. The van der Waals surface area contributed by atoms with Crippen LogP contribution >= 0.6 is 0 Å². The fourth-order valence-electron chi connectivity index (χ4n) is 0. The topological polar surface area (TPSA) is 115 Å². The Morgan fingerprint density at radius 2 is 1.00 bits per heavy atom. The van der Waals surface area contributed by atoms with Gasteiger partial charge in [-0.05, 0) is 0 Å². The smallest absolute Gasteiger partial charge is 0.554 e. The number of rotatable bonds is 0. The zero-order valence-corrected chi connectivity index (χ0v) is 4.74. The van der Waals surface area contributed by atoms with Gasteiger partial charge < -0.3 is 26.0 Å². The minimum Gasteiger partial charge on any atom is -0.554 e. The van der Waals surface area contributed by atoms with Crippen LogP contribution in [0.4, 0.5) is 0 Å². The van der Waals surface area contributed by atoms with Crippen molar-refractivity contribution >= 4 is 12.9 Å². The normalized spacial score (nSPS) is 3.00. The van der Waals surface area contributed by atoms with Crippen LogP contribution in [0.5, 0.6) is 0 Å². The van der Waals surface area contributed by atoms with Gasteiger partial charge >= 0.3 is 17.1 Å². The van der Waals surface area contributed by atoms with E-state index in [1.807, 2.05) is 0 Å². The van der Waals surface area contributed by atoms with Crippen LogP contribution in [0.15, 0.2) is 0 Å². The molecule has 3 N–H and O–H groups in total. The minimum absolute atomic E-state index is 0. The Morgan fingerprint density at radius 1 is 1.00 bits per heavy atom. The van der Waals surface area contributed by atoms with Crippen LogP contribution in [-0.4, -0.2) is 12.9 Å². The molecule has 0 atom stereocenters. The van der Waals surface area contributed by atoms with E-state index in [9.17, 15) is 0 Å². The maximum atomic E-state index is 8.25. The van der Waals surface area contributed by atoms with Gasteiger partial charge in [-0.15, -0.1) is 0 Å². The second kappa shape index (κ2) is 93.6. The summed E-state index contributed by atoms with van der Waals surface area (Å²) in [5.41, 5.74) is 0. The van der Waals surface area contributed by atoms with Crippen LogP contribution in [0.2, 0.25) is 0 Å². The summed E-state index contributed by atoms with van der Waals surface area (Å²) in [4.78, 5) is 16.5. The fraction of sp³-hybridized carbons (Fsp3) is 0. The summed E-state index contributed by atoms with van der Waals surface area (Å²) >= 11 is 0. The van der Waals surface area contributed by atoms with E-state index in [0.29, 0.717) is 0 Å². The van der Waals surface area contributed by atoms with Gasteiger partial charge in [0.2, 0.25) is 0 Å². The van der Waals surface area contributed by atoms with E-state index in [1.165, 1.54) is 0 Å². The van der Waals surface area contributed by atoms with Crippen molar-refractivity contribution in [2.45, 2.75) is 0 Å². The van der Waals surface area contributed by atoms with Crippen LogP contribution in [0, 0.1) is 0 Å². The van der Waals surface area contributed by atoms with Crippen molar-refractivity contribution in [2.24, 2.45) is 0 Å². The molecule has 0 rings (SSSR count). The first-order chi connectivity index (χ1) is 2.83. The van der Waals surface area contributed by atoms with Gasteiger partial charge in [0.15, 0.2) is 0 Å². The average molecular weight is 171 g/mol. The summed E-state index contributed by atoms with van der Waals surface area (Å²) < 4.78 is 0. The molecule has 8 heavy (non-hydrogen) atoms. The standard InChI is InChI=1S/2CH2O2.Cu.H3N/c2*2-1-3;;/h2*1H,(H,2,3);;1H3/q;;+2;/p-2. The Labute approximate surface area is 56.8 Å². The SMILES string of the molecule is N.O=C[O-].O=C[O-].[Cu+2]. The molecule has 0 saturated carbocycles. The monoisotopic (exact) mass is 170 g/mol. The molecule has 1 radical (unpaired) electrons. The van der Waals surface area contributed by atoms with Gasteiger partial charge in [-0.2, -0.15) is 0 Å². The third-order valence-electron chi connectivity index (χ3n) is 0. The van der Waals surface area contributed by atoms with Crippen LogP contribution in [-0.2, 0) is 26.7 Å². The van der Waals surface area contributed by atoms with Crippen molar-refractivity contribution in [1.29, 1.82) is 0 Å². The number of carboxylic acid groups (broad SMARTS) is 2. The number of hydrogen-bond donors (Lipinski definition) is 1. The van der Waals surface area contributed by atoms with Crippen molar-refractivity contribution in [3.05, 3.63) is 0 Å². The zero-order chi connectivity index (χ0) is 5.41. The van der Waals surface area contributed by atoms with Crippen molar-refractivity contribution in [1.82, 2.24) is 6.15 Å². The van der Waals surface area contributed by atoms with Crippen LogP contribution in [0.25, 0.3) is 0 Å². The van der Waals surface area contributed by atoms with Gasteiger partial charge in [-0.25, -0.2) is 0 Å². The molecule has 0 spiro atoms. The van der Waals surface area contributed by atoms with E-state index in [2.05, 4.69) is 0 Å². The van der Waals surface area contributed by atoms with Crippen LogP contribution < -0.4 is 16.4 Å². The second-order valence-corrected chi connectivity index (χ2v) is 0.192. The zero-order valence-electron chi connectivity index (χ0n) is 3.80. The molecule has 53 valence electrons. The molecule has 0 heterocycles. The van der Waals surface area contributed by atoms with E-state index in [4.69, 9.17) is 19.8 Å². The summed E-state index contributed by atoms with van der Waals surface area (Å²) in [7, 11) is 0. The van der Waals surface area contributed by atoms with Crippen molar-refractivity contribution in [3.8, 4) is 0 Å². The van der Waals surface area contributed by atoms with E-state index in [-0.39, 0.29) is 23.2 Å². The molecule has 5 nitrogen and oxygen atoms in total. The maximum absolute atomic E-state index is 8.25. The van der Waals surface area contributed by atoms with Gasteiger partial charge in [0, 0.05) is 12.9 Å². The molecule has 0 aliphatic rings. The molecule has 0 aliphatic heterocycles. The molecule has 6 heteroatoms. The number of carbonyl (C=O) groups is 2. The van der Waals surface area contributed by atoms with E-state index in [0.717, 1.165) is 0 Å². The first-order valence-electron chi connectivity index (χ1n) is 0.943. The van der Waals surface area contributed by atoms with Crippen molar-refractivity contribution in [3.63, 3.8) is 0 Å². The predicted octanol–water partition coefficient (Wildman–Crippen LogP) is -3.11. The quantitative estimate of drug-likeness (QED) is 0.305.